The van der Waals surface area contributed by atoms with Crippen molar-refractivity contribution in [1.82, 2.24) is 5.01 Å². The number of nitrogens with one attached hydrogen (secondary N) is 1. The zero-order valence-corrected chi connectivity index (χ0v) is 32.0. The number of halogens is 2. The number of ether oxygens (including phenoxy) is 1. The second-order valence-corrected chi connectivity index (χ2v) is 15.6. The van der Waals surface area contributed by atoms with Crippen LogP contribution in [0.4, 0.5) is 17.1 Å². The van der Waals surface area contributed by atoms with Crippen LogP contribution < -0.4 is 15.1 Å². The van der Waals surface area contributed by atoms with Gasteiger partial charge in [0, 0.05) is 22.5 Å². The van der Waals surface area contributed by atoms with Crippen molar-refractivity contribution >= 4 is 72.6 Å². The van der Waals surface area contributed by atoms with Crippen LogP contribution in [0, 0.1) is 40.7 Å². The first-order valence-electron chi connectivity index (χ1n) is 17.2. The van der Waals surface area contributed by atoms with Crippen LogP contribution in [0.3, 0.4) is 0 Å². The van der Waals surface area contributed by atoms with Gasteiger partial charge < -0.3 is 9.84 Å². The number of non-ortho nitro benzene ring substituents is 1. The number of phenolic OH excluding ortho intramolecular Hbond substituents is 1. The molecule has 0 radical (unpaired) electrons. The predicted molar refractivity (Wildman–Crippen MR) is 204 cm³/mol. The van der Waals surface area contributed by atoms with E-state index < -0.39 is 63.6 Å². The molecule has 4 aliphatic rings. The Hall–Kier alpha value is -5.34. The topological polar surface area (TPSA) is 159 Å². The van der Waals surface area contributed by atoms with E-state index >= 15 is 4.79 Å². The molecule has 0 bridgehead atoms. The number of benzene rings is 4. The van der Waals surface area contributed by atoms with Gasteiger partial charge in [0.2, 0.25) is 11.8 Å². The quantitative estimate of drug-likeness (QED) is 0.0840. The molecule has 4 aromatic carbocycles. The third kappa shape index (κ3) is 5.13. The van der Waals surface area contributed by atoms with Crippen molar-refractivity contribution in [2.24, 2.45) is 23.7 Å². The number of hydrazine groups is 1. The van der Waals surface area contributed by atoms with E-state index in [1.165, 1.54) is 31.4 Å². The summed E-state index contributed by atoms with van der Waals surface area (Å²) < 4.78 is 6.28. The van der Waals surface area contributed by atoms with Gasteiger partial charge in [0.25, 0.3) is 17.5 Å². The maximum atomic E-state index is 15.4. The average Bonchev–Trinajstić information content (AvgIpc) is 3.56. The molecular formula is C40H32Br2N4O8. The molecule has 0 spiro atoms. The summed E-state index contributed by atoms with van der Waals surface area (Å²) in [5.74, 6) is -6.39. The van der Waals surface area contributed by atoms with E-state index in [1.54, 1.807) is 18.2 Å². The first-order valence-corrected chi connectivity index (χ1v) is 18.8. The summed E-state index contributed by atoms with van der Waals surface area (Å²) in [6, 6.07) is 23.4. The molecule has 2 saturated heterocycles. The molecule has 4 amide bonds. The Morgan fingerprint density at radius 2 is 1.63 bits per heavy atom. The first kappa shape index (κ1) is 35.7. The molecule has 12 nitrogen and oxygen atoms in total. The molecule has 2 aliphatic heterocycles. The number of nitrogens with zero attached hydrogens (tertiary/aromatic N) is 3. The molecule has 1 saturated carbocycles. The largest absolute Gasteiger partial charge is 0.503 e. The molecule has 0 unspecified atom stereocenters. The normalized spacial score (nSPS) is 25.9. The lowest BCUT2D eigenvalue weighted by Gasteiger charge is -2.51. The van der Waals surface area contributed by atoms with Crippen LogP contribution >= 0.6 is 31.9 Å². The third-order valence-corrected chi connectivity index (χ3v) is 13.6. The van der Waals surface area contributed by atoms with Crippen molar-refractivity contribution in [3.8, 4) is 11.5 Å². The number of allylic oxidation sites excluding steroid dienone is 2. The molecule has 54 heavy (non-hydrogen) atoms. The van der Waals surface area contributed by atoms with Gasteiger partial charge in [-0.25, -0.2) is 4.90 Å². The molecule has 6 atom stereocenters. The van der Waals surface area contributed by atoms with Crippen molar-refractivity contribution in [3.05, 3.63) is 132 Å². The summed E-state index contributed by atoms with van der Waals surface area (Å²) in [5.41, 5.74) is 4.66. The van der Waals surface area contributed by atoms with Crippen LogP contribution in [-0.2, 0) is 24.6 Å². The van der Waals surface area contributed by atoms with E-state index in [0.717, 1.165) is 15.5 Å². The zero-order valence-electron chi connectivity index (χ0n) is 28.9. The lowest BCUT2D eigenvalue weighted by molar-refractivity contribution is -0.384. The van der Waals surface area contributed by atoms with Crippen LogP contribution in [0.15, 0.2) is 106 Å². The van der Waals surface area contributed by atoms with Crippen LogP contribution in [0.25, 0.3) is 0 Å². The number of amides is 4. The summed E-state index contributed by atoms with van der Waals surface area (Å²) in [6.45, 7) is 1.93. The fraction of sp³-hybridized carbons (Fsp3) is 0.250. The van der Waals surface area contributed by atoms with Gasteiger partial charge in [-0.15, -0.1) is 0 Å². The maximum Gasteiger partial charge on any atom is 0.271 e. The number of aryl methyl sites for hydroxylation is 1. The molecule has 3 fully saturated rings. The molecule has 4 aromatic rings. The fourth-order valence-electron chi connectivity index (χ4n) is 9.07. The highest BCUT2D eigenvalue weighted by Crippen LogP contribution is 2.65. The van der Waals surface area contributed by atoms with Gasteiger partial charge in [-0.05, 0) is 92.9 Å². The second kappa shape index (κ2) is 13.2. The fourth-order valence-corrected chi connectivity index (χ4v) is 10.0. The van der Waals surface area contributed by atoms with Gasteiger partial charge in [0.05, 0.1) is 51.0 Å². The number of phenols is 1. The summed E-state index contributed by atoms with van der Waals surface area (Å²) in [4.78, 5) is 71.1. The summed E-state index contributed by atoms with van der Waals surface area (Å²) in [6.07, 6.45) is 2.12. The van der Waals surface area contributed by atoms with Crippen LogP contribution in [-0.4, -0.2) is 45.8 Å². The molecule has 0 aromatic heterocycles. The summed E-state index contributed by atoms with van der Waals surface area (Å²) in [5, 5.41) is 23.7. The van der Waals surface area contributed by atoms with E-state index in [1.807, 2.05) is 55.5 Å². The first-order chi connectivity index (χ1) is 25.9. The van der Waals surface area contributed by atoms with Crippen LogP contribution in [0.2, 0.25) is 0 Å². The number of carbonyl (C=O) groups is 4. The number of carbonyl (C=O) groups excluding carboxylic acids is 4. The Morgan fingerprint density at radius 3 is 2.31 bits per heavy atom. The highest BCUT2D eigenvalue weighted by atomic mass is 79.9. The van der Waals surface area contributed by atoms with E-state index in [9.17, 15) is 29.6 Å². The maximum absolute atomic E-state index is 15.4. The van der Waals surface area contributed by atoms with Gasteiger partial charge in [0.15, 0.2) is 11.5 Å². The summed E-state index contributed by atoms with van der Waals surface area (Å²) in [7, 11) is 1.41. The number of hydrogen-bond acceptors (Lipinski definition) is 9. The van der Waals surface area contributed by atoms with Crippen molar-refractivity contribution in [3.63, 3.8) is 0 Å². The number of imide groups is 2. The van der Waals surface area contributed by atoms with Crippen molar-refractivity contribution in [1.29, 1.82) is 0 Å². The van der Waals surface area contributed by atoms with Crippen molar-refractivity contribution in [2.75, 3.05) is 17.4 Å². The molecule has 2 N–H and O–H groups in total. The van der Waals surface area contributed by atoms with Gasteiger partial charge in [0.1, 0.15) is 0 Å². The molecule has 2 heterocycles. The number of fused-ring (bicyclic) bond motifs is 4. The number of methoxy groups -OCH3 is 1. The van der Waals surface area contributed by atoms with Crippen molar-refractivity contribution < 1.29 is 33.9 Å². The van der Waals surface area contributed by atoms with E-state index in [4.69, 9.17) is 4.74 Å². The Kier molecular flexibility index (Phi) is 8.72. The predicted octanol–water partition coefficient (Wildman–Crippen LogP) is 7.33. The highest BCUT2D eigenvalue weighted by Gasteiger charge is 2.70. The monoisotopic (exact) mass is 854 g/mol. The molecule has 274 valence electrons. The van der Waals surface area contributed by atoms with Gasteiger partial charge >= 0.3 is 0 Å². The van der Waals surface area contributed by atoms with Crippen LogP contribution in [0.1, 0.15) is 35.4 Å². The lowest BCUT2D eigenvalue weighted by Crippen LogP contribution is -2.53. The molecule has 14 heteroatoms. The second-order valence-electron chi connectivity index (χ2n) is 14.0. The van der Waals surface area contributed by atoms with Crippen LogP contribution in [0.5, 0.6) is 11.5 Å². The number of anilines is 2. The highest BCUT2D eigenvalue weighted by molar-refractivity contribution is 9.13. The van der Waals surface area contributed by atoms with Crippen molar-refractivity contribution in [2.45, 2.75) is 31.1 Å². The van der Waals surface area contributed by atoms with Gasteiger partial charge in [-0.2, -0.15) is 5.01 Å². The Bertz CT molecular complexity index is 2320. The SMILES string of the molecule is COc1cc([C@H]2C3=CC[C@@H]4C(=O)N(c5cccc([N+](=O)[O-])c5)C(=O)[C@@H]4[C@@H]3C[C@H]3C(=O)N(Nc4ccc(C)cc4)C(=O)[C@@]23c2ccccc2)c(Br)c(Br)c1O. The Labute approximate surface area is 326 Å². The Balaban J connectivity index is 1.35. The number of nitro benzene ring substituents is 1. The van der Waals surface area contributed by atoms with E-state index in [0.29, 0.717) is 26.9 Å². The number of hydrogen-bond donors (Lipinski definition) is 2. The minimum atomic E-state index is -1.56. The minimum Gasteiger partial charge on any atom is -0.503 e. The number of nitro groups is 1. The van der Waals surface area contributed by atoms with Gasteiger partial charge in [-0.3, -0.25) is 34.7 Å². The summed E-state index contributed by atoms with van der Waals surface area (Å²) >= 11 is 7.19. The third-order valence-electron chi connectivity index (χ3n) is 11.4. The Morgan fingerprint density at radius 1 is 0.907 bits per heavy atom. The smallest absolute Gasteiger partial charge is 0.271 e. The standard InChI is InChI=1S/C40H32Br2N4O8/c1-20-11-13-22(14-12-20)43-45-37(49)29-18-27-25(15-16-26-31(27)38(50)44(36(26)48)23-9-6-10-24(17-23)46(52)53)32(28-19-30(54-2)35(47)34(42)33(28)41)40(29,39(45)51)21-7-4-3-5-8-21/h3-15,17,19,26-27,29,31-32,43,47H,16,18H2,1-2H3/t26-,27+,29-,31-,32+,40+/m0/s1. The minimum absolute atomic E-state index is 0.0604. The van der Waals surface area contributed by atoms with E-state index in [2.05, 4.69) is 37.3 Å². The lowest BCUT2D eigenvalue weighted by atomic mass is 9.49. The molecule has 2 aliphatic carbocycles. The van der Waals surface area contributed by atoms with E-state index in [-0.39, 0.29) is 40.2 Å². The number of rotatable bonds is 7. The molecule has 8 rings (SSSR count). The average molecular weight is 857 g/mol. The zero-order chi connectivity index (χ0) is 38.2. The van der Waals surface area contributed by atoms with Gasteiger partial charge in [-0.1, -0.05) is 65.7 Å². The number of aromatic hydroxyl groups is 1. The molecular weight excluding hydrogens is 824 g/mol.